The van der Waals surface area contributed by atoms with E-state index in [1.807, 2.05) is 0 Å². The molecule has 3 nitrogen and oxygen atoms in total. The van der Waals surface area contributed by atoms with Gasteiger partial charge in [0.25, 0.3) is 0 Å². The van der Waals surface area contributed by atoms with Crippen LogP contribution in [0.3, 0.4) is 0 Å². The molecule has 2 aliphatic rings. The van der Waals surface area contributed by atoms with Gasteiger partial charge >= 0.3 is 0 Å². The van der Waals surface area contributed by atoms with Crippen molar-refractivity contribution in [3.63, 3.8) is 0 Å². The van der Waals surface area contributed by atoms with Gasteiger partial charge in [0.15, 0.2) is 0 Å². The van der Waals surface area contributed by atoms with Crippen LogP contribution in [0, 0.1) is 17.2 Å². The van der Waals surface area contributed by atoms with Gasteiger partial charge in [-0.1, -0.05) is 19.3 Å². The highest BCUT2D eigenvalue weighted by Crippen LogP contribution is 2.25. The van der Waals surface area contributed by atoms with E-state index in [1.165, 1.54) is 45.1 Å². The molecule has 0 radical (unpaired) electrons. The first-order valence-corrected chi connectivity index (χ1v) is 7.56. The second kappa shape index (κ2) is 6.54. The Bertz CT molecular complexity index is 297. The molecule has 0 aromatic rings. The molecule has 0 amide bonds. The van der Waals surface area contributed by atoms with Crippen molar-refractivity contribution in [2.45, 2.75) is 70.0 Å². The van der Waals surface area contributed by atoms with E-state index in [9.17, 15) is 5.26 Å². The quantitative estimate of drug-likeness (QED) is 0.764. The molecule has 3 heteroatoms. The van der Waals surface area contributed by atoms with Crippen LogP contribution in [0.25, 0.3) is 0 Å². The molecular weight excluding hydrogens is 222 g/mol. The molecule has 1 saturated carbocycles. The summed E-state index contributed by atoms with van der Waals surface area (Å²) < 4.78 is 0. The molecule has 1 heterocycles. The van der Waals surface area contributed by atoms with Crippen LogP contribution in [0.4, 0.5) is 0 Å². The van der Waals surface area contributed by atoms with Crippen molar-refractivity contribution in [1.82, 2.24) is 10.2 Å². The number of hydrogen-bond donors (Lipinski definition) is 1. The van der Waals surface area contributed by atoms with Gasteiger partial charge in [-0.3, -0.25) is 0 Å². The summed E-state index contributed by atoms with van der Waals surface area (Å²) in [4.78, 5) is 2.44. The second-order valence-corrected chi connectivity index (χ2v) is 6.20. The molecule has 1 aliphatic heterocycles. The summed E-state index contributed by atoms with van der Waals surface area (Å²) >= 11 is 0. The molecule has 0 spiro atoms. The topological polar surface area (TPSA) is 39.1 Å². The maximum atomic E-state index is 9.31. The van der Waals surface area contributed by atoms with Crippen LogP contribution in [-0.4, -0.2) is 36.6 Å². The Labute approximate surface area is 112 Å². The highest BCUT2D eigenvalue weighted by molar-refractivity contribution is 4.95. The lowest BCUT2D eigenvalue weighted by molar-refractivity contribution is 0.156. The van der Waals surface area contributed by atoms with Gasteiger partial charge in [-0.25, -0.2) is 0 Å². The van der Waals surface area contributed by atoms with Gasteiger partial charge < -0.3 is 10.2 Å². The van der Waals surface area contributed by atoms with Gasteiger partial charge in [0.2, 0.25) is 0 Å². The number of rotatable bonds is 2. The maximum Gasteiger partial charge on any atom is 0.0672 e. The van der Waals surface area contributed by atoms with E-state index < -0.39 is 0 Å². The Balaban J connectivity index is 1.89. The molecule has 1 saturated heterocycles. The number of nitriles is 1. The zero-order valence-electron chi connectivity index (χ0n) is 11.9. The predicted octanol–water partition coefficient (Wildman–Crippen LogP) is 2.53. The fraction of sp³-hybridized carbons (Fsp3) is 0.933. The summed E-state index contributed by atoms with van der Waals surface area (Å²) in [6.45, 7) is 3.49. The summed E-state index contributed by atoms with van der Waals surface area (Å²) in [6.07, 6.45) is 8.58. The minimum absolute atomic E-state index is 0.238. The fourth-order valence-corrected chi connectivity index (χ4v) is 3.41. The zero-order chi connectivity index (χ0) is 13.0. The van der Waals surface area contributed by atoms with Gasteiger partial charge in [0.05, 0.1) is 12.0 Å². The highest BCUT2D eigenvalue weighted by atomic mass is 15.1. The zero-order valence-corrected chi connectivity index (χ0v) is 11.9. The van der Waals surface area contributed by atoms with Crippen molar-refractivity contribution in [2.24, 2.45) is 5.92 Å². The van der Waals surface area contributed by atoms with Crippen LogP contribution in [0.1, 0.15) is 51.9 Å². The minimum Gasteiger partial charge on any atom is -0.310 e. The van der Waals surface area contributed by atoms with Crippen molar-refractivity contribution >= 4 is 0 Å². The first kappa shape index (κ1) is 13.8. The van der Waals surface area contributed by atoms with Crippen LogP contribution in [0.5, 0.6) is 0 Å². The molecule has 1 aliphatic carbocycles. The first-order valence-electron chi connectivity index (χ1n) is 7.56. The maximum absolute atomic E-state index is 9.31. The number of hydrogen-bond acceptors (Lipinski definition) is 3. The lowest BCUT2D eigenvalue weighted by atomic mass is 9.92. The van der Waals surface area contributed by atoms with E-state index >= 15 is 0 Å². The van der Waals surface area contributed by atoms with Gasteiger partial charge in [-0.2, -0.15) is 5.26 Å². The van der Waals surface area contributed by atoms with Gasteiger partial charge in [0, 0.05) is 18.1 Å². The minimum atomic E-state index is 0.238. The summed E-state index contributed by atoms with van der Waals surface area (Å²) in [7, 11) is 2.21. The Morgan fingerprint density at radius 1 is 1.17 bits per heavy atom. The van der Waals surface area contributed by atoms with Gasteiger partial charge in [0.1, 0.15) is 0 Å². The van der Waals surface area contributed by atoms with Crippen LogP contribution in [0.15, 0.2) is 0 Å². The molecule has 0 bridgehead atoms. The molecule has 102 valence electrons. The third-order valence-electron chi connectivity index (χ3n) is 4.84. The van der Waals surface area contributed by atoms with E-state index in [2.05, 4.69) is 30.3 Å². The van der Waals surface area contributed by atoms with Crippen molar-refractivity contribution in [3.8, 4) is 6.07 Å². The lowest BCUT2D eigenvalue weighted by Crippen LogP contribution is -2.50. The van der Waals surface area contributed by atoms with Crippen molar-refractivity contribution < 1.29 is 0 Å². The predicted molar refractivity (Wildman–Crippen MR) is 74.2 cm³/mol. The Kier molecular flexibility index (Phi) is 5.03. The third kappa shape index (κ3) is 3.46. The Morgan fingerprint density at radius 2 is 1.94 bits per heavy atom. The van der Waals surface area contributed by atoms with Crippen LogP contribution < -0.4 is 5.32 Å². The van der Waals surface area contributed by atoms with E-state index in [-0.39, 0.29) is 5.92 Å². The number of nitrogens with one attached hydrogen (secondary N) is 1. The third-order valence-corrected chi connectivity index (χ3v) is 4.84. The molecule has 18 heavy (non-hydrogen) atoms. The lowest BCUT2D eigenvalue weighted by Gasteiger charge is -2.37. The van der Waals surface area contributed by atoms with E-state index in [4.69, 9.17) is 0 Å². The summed E-state index contributed by atoms with van der Waals surface area (Å²) in [5.74, 6) is 0.238. The van der Waals surface area contributed by atoms with Crippen LogP contribution in [-0.2, 0) is 0 Å². The average molecular weight is 249 g/mol. The van der Waals surface area contributed by atoms with E-state index in [0.29, 0.717) is 18.1 Å². The summed E-state index contributed by atoms with van der Waals surface area (Å²) in [6, 6.07) is 4.26. The Hall–Kier alpha value is -0.590. The summed E-state index contributed by atoms with van der Waals surface area (Å²) in [5, 5.41) is 13.1. The molecule has 2 rings (SSSR count). The summed E-state index contributed by atoms with van der Waals surface area (Å²) in [5.41, 5.74) is 0. The standard InChI is InChI=1S/C15H27N3/c1-12-10-14(8-9-18(12)2)17-15-7-5-3-4-6-13(15)11-16/h12-15,17H,3-10H2,1-2H3. The molecule has 1 N–H and O–H groups in total. The van der Waals surface area contributed by atoms with Crippen molar-refractivity contribution in [2.75, 3.05) is 13.6 Å². The van der Waals surface area contributed by atoms with Crippen LogP contribution >= 0.6 is 0 Å². The van der Waals surface area contributed by atoms with E-state index in [1.54, 1.807) is 0 Å². The number of piperidine rings is 1. The Morgan fingerprint density at radius 3 is 2.67 bits per heavy atom. The molecule has 4 unspecified atom stereocenters. The fourth-order valence-electron chi connectivity index (χ4n) is 3.41. The first-order chi connectivity index (χ1) is 8.70. The molecule has 0 aromatic heterocycles. The van der Waals surface area contributed by atoms with Crippen molar-refractivity contribution in [1.29, 1.82) is 5.26 Å². The molecule has 0 aromatic carbocycles. The van der Waals surface area contributed by atoms with Crippen LogP contribution in [0.2, 0.25) is 0 Å². The van der Waals surface area contributed by atoms with Gasteiger partial charge in [-0.05, 0) is 46.2 Å². The number of likely N-dealkylation sites (tertiary alicyclic amines) is 1. The molecule has 2 fully saturated rings. The van der Waals surface area contributed by atoms with Gasteiger partial charge in [-0.15, -0.1) is 0 Å². The van der Waals surface area contributed by atoms with E-state index in [0.717, 1.165) is 6.42 Å². The highest BCUT2D eigenvalue weighted by Gasteiger charge is 2.29. The normalized spacial score (nSPS) is 38.9. The smallest absolute Gasteiger partial charge is 0.0672 e. The number of nitrogens with zero attached hydrogens (tertiary/aromatic N) is 2. The monoisotopic (exact) mass is 249 g/mol. The average Bonchev–Trinajstić information content (AvgIpc) is 2.59. The molecular formula is C15H27N3. The largest absolute Gasteiger partial charge is 0.310 e. The molecule has 4 atom stereocenters. The van der Waals surface area contributed by atoms with Crippen molar-refractivity contribution in [3.05, 3.63) is 0 Å². The SMILES string of the molecule is CC1CC(NC2CCCCCC2C#N)CCN1C. The second-order valence-electron chi connectivity index (χ2n) is 6.20.